The summed E-state index contributed by atoms with van der Waals surface area (Å²) in [5.41, 5.74) is 0. The number of hydrogen-bond acceptors (Lipinski definition) is 3. The summed E-state index contributed by atoms with van der Waals surface area (Å²) in [4.78, 5) is 4.53. The highest BCUT2D eigenvalue weighted by molar-refractivity contribution is 4.95. The Morgan fingerprint density at radius 2 is 1.92 bits per heavy atom. The van der Waals surface area contributed by atoms with Crippen LogP contribution in [-0.2, 0) is 4.74 Å². The predicted octanol–water partition coefficient (Wildman–Crippen LogP) is 1.44. The first kappa shape index (κ1) is 9.39. The molecule has 0 radical (unpaired) electrons. The van der Waals surface area contributed by atoms with Crippen LogP contribution in [0.1, 0.15) is 20.3 Å². The topological polar surface area (TPSA) is 15.7 Å². The number of methoxy groups -OCH3 is 1. The van der Waals surface area contributed by atoms with Crippen LogP contribution in [0.2, 0.25) is 0 Å². The lowest BCUT2D eigenvalue weighted by molar-refractivity contribution is 0.0373. The van der Waals surface area contributed by atoms with Gasteiger partial charge in [0.15, 0.2) is 0 Å². The normalized spacial score (nSPS) is 22.4. The highest BCUT2D eigenvalue weighted by atomic mass is 16.5. The summed E-state index contributed by atoms with van der Waals surface area (Å²) in [6.45, 7) is 6.12. The van der Waals surface area contributed by atoms with E-state index in [1.165, 1.54) is 0 Å². The molecule has 1 aliphatic heterocycles. The van der Waals surface area contributed by atoms with Gasteiger partial charge >= 0.3 is 0 Å². The Bertz CT molecular complexity index is 159. The Morgan fingerprint density at radius 1 is 1.25 bits per heavy atom. The first-order valence-electron chi connectivity index (χ1n) is 4.52. The Hall–Kier alpha value is -0.700. The van der Waals surface area contributed by atoms with Crippen molar-refractivity contribution in [3.63, 3.8) is 0 Å². The van der Waals surface area contributed by atoms with Gasteiger partial charge in [0.25, 0.3) is 0 Å². The fourth-order valence-electron chi connectivity index (χ4n) is 1.62. The van der Waals surface area contributed by atoms with E-state index in [-0.39, 0.29) is 0 Å². The summed E-state index contributed by atoms with van der Waals surface area (Å²) < 4.78 is 5.10. The van der Waals surface area contributed by atoms with Gasteiger partial charge in [-0.2, -0.15) is 0 Å². The zero-order valence-electron chi connectivity index (χ0n) is 8.16. The van der Waals surface area contributed by atoms with Crippen molar-refractivity contribution < 1.29 is 4.74 Å². The van der Waals surface area contributed by atoms with Crippen molar-refractivity contribution in [1.29, 1.82) is 0 Å². The quantitative estimate of drug-likeness (QED) is 0.635. The van der Waals surface area contributed by atoms with Crippen LogP contribution >= 0.6 is 0 Å². The van der Waals surface area contributed by atoms with Gasteiger partial charge in [-0.05, 0) is 13.3 Å². The number of rotatable bonds is 4. The third-order valence-corrected chi connectivity index (χ3v) is 2.22. The van der Waals surface area contributed by atoms with E-state index >= 15 is 0 Å². The summed E-state index contributed by atoms with van der Waals surface area (Å²) >= 11 is 0. The van der Waals surface area contributed by atoms with Crippen LogP contribution in [-0.4, -0.2) is 36.4 Å². The summed E-state index contributed by atoms with van der Waals surface area (Å²) in [6.07, 6.45) is 5.86. The number of nitrogens with zero attached hydrogens (tertiary/aromatic N) is 2. The van der Waals surface area contributed by atoms with E-state index in [4.69, 9.17) is 4.74 Å². The molecule has 1 unspecified atom stereocenters. The minimum Gasteiger partial charge on any atom is -0.364 e. The molecule has 0 fully saturated rings. The third-order valence-electron chi connectivity index (χ3n) is 2.22. The van der Waals surface area contributed by atoms with Crippen LogP contribution < -0.4 is 0 Å². The molecule has 0 amide bonds. The second-order valence-corrected chi connectivity index (χ2v) is 2.95. The average molecular weight is 170 g/mol. The van der Waals surface area contributed by atoms with Crippen LogP contribution in [0.15, 0.2) is 12.4 Å². The maximum Gasteiger partial charge on any atom is 0.119 e. The van der Waals surface area contributed by atoms with E-state index in [9.17, 15) is 0 Å². The van der Waals surface area contributed by atoms with Gasteiger partial charge in [-0.25, -0.2) is 0 Å². The molecule has 0 N–H and O–H groups in total. The molecule has 1 heterocycles. The molecule has 0 aromatic carbocycles. The van der Waals surface area contributed by atoms with Crippen molar-refractivity contribution in [3.8, 4) is 0 Å². The Kier molecular flexibility index (Phi) is 3.41. The van der Waals surface area contributed by atoms with Crippen molar-refractivity contribution in [2.24, 2.45) is 0 Å². The lowest BCUT2D eigenvalue weighted by atomic mass is 10.3. The van der Waals surface area contributed by atoms with Gasteiger partial charge in [0.05, 0.1) is 0 Å². The highest BCUT2D eigenvalue weighted by Gasteiger charge is 2.22. The smallest absolute Gasteiger partial charge is 0.119 e. The molecule has 1 rings (SSSR count). The van der Waals surface area contributed by atoms with Crippen LogP contribution in [0, 0.1) is 0 Å². The zero-order chi connectivity index (χ0) is 8.97. The monoisotopic (exact) mass is 170 g/mol. The van der Waals surface area contributed by atoms with E-state index in [1.54, 1.807) is 7.11 Å². The Morgan fingerprint density at radius 3 is 2.42 bits per heavy atom. The first-order valence-corrected chi connectivity index (χ1v) is 4.52. The van der Waals surface area contributed by atoms with Crippen molar-refractivity contribution in [2.45, 2.75) is 26.4 Å². The largest absolute Gasteiger partial charge is 0.364 e. The third kappa shape index (κ3) is 1.72. The van der Waals surface area contributed by atoms with Crippen molar-refractivity contribution in [2.75, 3.05) is 20.4 Å². The first-order chi connectivity index (χ1) is 5.83. The lowest BCUT2D eigenvalue weighted by Gasteiger charge is -2.30. The Labute approximate surface area is 74.6 Å². The maximum atomic E-state index is 5.10. The fourth-order valence-corrected chi connectivity index (χ4v) is 1.62. The molecule has 0 spiro atoms. The predicted molar refractivity (Wildman–Crippen MR) is 49.3 cm³/mol. The number of ether oxygens (including phenoxy) is 1. The van der Waals surface area contributed by atoms with Gasteiger partial charge in [-0.15, -0.1) is 0 Å². The molecule has 3 nitrogen and oxygen atoms in total. The molecular formula is C9H18N2O. The molecule has 70 valence electrons. The highest BCUT2D eigenvalue weighted by Crippen LogP contribution is 2.17. The van der Waals surface area contributed by atoms with Crippen molar-refractivity contribution >= 4 is 0 Å². The summed E-state index contributed by atoms with van der Waals surface area (Å²) in [5, 5.41) is 0. The minimum atomic E-state index is 0.495. The summed E-state index contributed by atoms with van der Waals surface area (Å²) in [5.74, 6) is 0. The molecular weight excluding hydrogens is 152 g/mol. The molecule has 1 atom stereocenters. The van der Waals surface area contributed by atoms with Crippen molar-refractivity contribution in [3.05, 3.63) is 12.4 Å². The van der Waals surface area contributed by atoms with E-state index in [0.717, 1.165) is 13.0 Å². The van der Waals surface area contributed by atoms with Crippen LogP contribution in [0.4, 0.5) is 0 Å². The Balaban J connectivity index is 2.50. The second kappa shape index (κ2) is 4.36. The maximum absolute atomic E-state index is 5.10. The standard InChI is InChI=1S/C9H18N2O/c1-4-9-10(5-2)6-7-11(9)8-12-3/h6-7,9H,4-5,8H2,1-3H3. The molecule has 0 saturated heterocycles. The molecule has 0 aromatic rings. The molecule has 12 heavy (non-hydrogen) atoms. The molecule has 1 aliphatic rings. The van der Waals surface area contributed by atoms with Crippen molar-refractivity contribution in [1.82, 2.24) is 9.80 Å². The lowest BCUT2D eigenvalue weighted by Crippen LogP contribution is -2.38. The fraction of sp³-hybridized carbons (Fsp3) is 0.778. The van der Waals surface area contributed by atoms with Crippen LogP contribution in [0.3, 0.4) is 0 Å². The molecule has 0 saturated carbocycles. The molecule has 0 aliphatic carbocycles. The summed E-state index contributed by atoms with van der Waals surface area (Å²) in [7, 11) is 1.73. The van der Waals surface area contributed by atoms with Gasteiger partial charge < -0.3 is 14.5 Å². The van der Waals surface area contributed by atoms with Gasteiger partial charge in [0.2, 0.25) is 0 Å². The molecule has 0 aromatic heterocycles. The average Bonchev–Trinajstić information content (AvgIpc) is 2.47. The van der Waals surface area contributed by atoms with E-state index in [0.29, 0.717) is 12.9 Å². The van der Waals surface area contributed by atoms with Crippen LogP contribution in [0.5, 0.6) is 0 Å². The van der Waals surface area contributed by atoms with Crippen LogP contribution in [0.25, 0.3) is 0 Å². The van der Waals surface area contributed by atoms with Gasteiger partial charge in [-0.3, -0.25) is 0 Å². The van der Waals surface area contributed by atoms with E-state index < -0.39 is 0 Å². The second-order valence-electron chi connectivity index (χ2n) is 2.95. The zero-order valence-corrected chi connectivity index (χ0v) is 8.16. The van der Waals surface area contributed by atoms with Gasteiger partial charge in [0.1, 0.15) is 12.9 Å². The van der Waals surface area contributed by atoms with Gasteiger partial charge in [-0.1, -0.05) is 6.92 Å². The molecule has 0 bridgehead atoms. The molecule has 3 heteroatoms. The van der Waals surface area contributed by atoms with E-state index in [1.807, 2.05) is 0 Å². The van der Waals surface area contributed by atoms with Gasteiger partial charge in [0, 0.05) is 26.1 Å². The minimum absolute atomic E-state index is 0.495. The number of hydrogen-bond donors (Lipinski definition) is 0. The van der Waals surface area contributed by atoms with E-state index in [2.05, 4.69) is 36.0 Å². The SMILES string of the molecule is CCC1N(CC)C=CN1COC. The summed E-state index contributed by atoms with van der Waals surface area (Å²) in [6, 6.07) is 0.